The summed E-state index contributed by atoms with van der Waals surface area (Å²) >= 11 is 1.32. The van der Waals surface area contributed by atoms with E-state index >= 15 is 0 Å². The van der Waals surface area contributed by atoms with E-state index in [9.17, 15) is 4.79 Å². The van der Waals surface area contributed by atoms with Gasteiger partial charge in [-0.2, -0.15) is 0 Å². The minimum atomic E-state index is -0.279. The molecule has 2 aromatic rings. The minimum Gasteiger partial charge on any atom is -0.493 e. The number of ether oxygens (including phenoxy) is 2. The van der Waals surface area contributed by atoms with E-state index < -0.39 is 0 Å². The Morgan fingerprint density at radius 1 is 1.21 bits per heavy atom. The van der Waals surface area contributed by atoms with E-state index in [1.54, 1.807) is 26.4 Å². The highest BCUT2D eigenvalue weighted by atomic mass is 32.2. The van der Waals surface area contributed by atoms with E-state index in [4.69, 9.17) is 15.3 Å². The first-order valence-corrected chi connectivity index (χ1v) is 10.2. The first kappa shape index (κ1) is 20.3. The Labute approximate surface area is 169 Å². The number of carbonyl (C=O) groups excluding carboxylic acids is 1. The normalized spacial score (nSPS) is 16.1. The van der Waals surface area contributed by atoms with Crippen LogP contribution in [0, 0.1) is 5.92 Å². The number of carbonyl (C=O) groups is 1. The molecule has 0 radical (unpaired) electrons. The summed E-state index contributed by atoms with van der Waals surface area (Å²) in [6, 6.07) is 5.43. The van der Waals surface area contributed by atoms with Gasteiger partial charge in [-0.15, -0.1) is 10.2 Å². The average Bonchev–Trinajstić information content (AvgIpc) is 3.07. The van der Waals surface area contributed by atoms with E-state index in [2.05, 4.69) is 17.1 Å². The Morgan fingerprint density at radius 3 is 2.54 bits per heavy atom. The molecule has 0 saturated carbocycles. The zero-order valence-electron chi connectivity index (χ0n) is 16.7. The van der Waals surface area contributed by atoms with Crippen LogP contribution in [0.15, 0.2) is 23.4 Å². The third-order valence-corrected chi connectivity index (χ3v) is 6.08. The van der Waals surface area contributed by atoms with Crippen molar-refractivity contribution in [2.75, 3.05) is 33.2 Å². The van der Waals surface area contributed by atoms with E-state index in [1.807, 2.05) is 17.9 Å². The molecule has 28 heavy (non-hydrogen) atoms. The SMILES string of the molecule is COc1ccc(-c2nnc(SC(C)C(=O)N3CCC(C)CC3)n2N)cc1OC. The van der Waals surface area contributed by atoms with Crippen molar-refractivity contribution in [1.29, 1.82) is 0 Å². The maximum Gasteiger partial charge on any atom is 0.235 e. The van der Waals surface area contributed by atoms with E-state index in [0.717, 1.165) is 31.5 Å². The summed E-state index contributed by atoms with van der Waals surface area (Å²) in [5.74, 6) is 8.72. The first-order valence-electron chi connectivity index (χ1n) is 9.33. The molecule has 1 unspecified atom stereocenters. The molecule has 0 spiro atoms. The van der Waals surface area contributed by atoms with Crippen LogP contribution < -0.4 is 15.3 Å². The summed E-state index contributed by atoms with van der Waals surface area (Å²) in [5.41, 5.74) is 0.753. The van der Waals surface area contributed by atoms with Crippen molar-refractivity contribution in [1.82, 2.24) is 19.8 Å². The van der Waals surface area contributed by atoms with E-state index in [1.165, 1.54) is 16.4 Å². The number of thioether (sulfide) groups is 1. The lowest BCUT2D eigenvalue weighted by Gasteiger charge is -2.31. The maximum atomic E-state index is 12.7. The molecule has 8 nitrogen and oxygen atoms in total. The number of methoxy groups -OCH3 is 2. The second-order valence-corrected chi connectivity index (χ2v) is 8.32. The van der Waals surface area contributed by atoms with Crippen molar-refractivity contribution in [3.63, 3.8) is 0 Å². The van der Waals surface area contributed by atoms with Crippen LogP contribution in [0.2, 0.25) is 0 Å². The van der Waals surface area contributed by atoms with Crippen LogP contribution in [0.25, 0.3) is 11.4 Å². The van der Waals surface area contributed by atoms with Crippen LogP contribution >= 0.6 is 11.8 Å². The van der Waals surface area contributed by atoms with Crippen molar-refractivity contribution in [2.24, 2.45) is 5.92 Å². The number of benzene rings is 1. The van der Waals surface area contributed by atoms with Gasteiger partial charge in [-0.25, -0.2) is 4.68 Å². The van der Waals surface area contributed by atoms with Gasteiger partial charge in [0.2, 0.25) is 11.1 Å². The number of nitrogens with zero attached hydrogens (tertiary/aromatic N) is 4. The molecule has 9 heteroatoms. The second kappa shape index (κ2) is 8.72. The number of nitrogen functional groups attached to an aromatic ring is 1. The van der Waals surface area contributed by atoms with Crippen molar-refractivity contribution in [2.45, 2.75) is 37.1 Å². The van der Waals surface area contributed by atoms with Gasteiger partial charge in [0, 0.05) is 18.7 Å². The molecule has 1 aromatic carbocycles. The fourth-order valence-electron chi connectivity index (χ4n) is 3.22. The van der Waals surface area contributed by atoms with Crippen LogP contribution in [0.1, 0.15) is 26.7 Å². The van der Waals surface area contributed by atoms with Crippen LogP contribution in [-0.2, 0) is 4.79 Å². The van der Waals surface area contributed by atoms with Gasteiger partial charge in [-0.05, 0) is 43.9 Å². The van der Waals surface area contributed by atoms with Gasteiger partial charge in [0.05, 0.1) is 19.5 Å². The van der Waals surface area contributed by atoms with Crippen LogP contribution in [0.5, 0.6) is 11.5 Å². The largest absolute Gasteiger partial charge is 0.493 e. The Bertz CT molecular complexity index is 833. The van der Waals surface area contributed by atoms with Gasteiger partial charge in [0.25, 0.3) is 0 Å². The van der Waals surface area contributed by atoms with E-state index in [-0.39, 0.29) is 11.2 Å². The molecule has 1 saturated heterocycles. The monoisotopic (exact) mass is 405 g/mol. The lowest BCUT2D eigenvalue weighted by Crippen LogP contribution is -2.41. The molecule has 1 aliphatic heterocycles. The summed E-state index contributed by atoms with van der Waals surface area (Å²) in [4.78, 5) is 14.7. The second-order valence-electron chi connectivity index (χ2n) is 7.01. The molecular weight excluding hydrogens is 378 g/mol. The summed E-state index contributed by atoms with van der Waals surface area (Å²) < 4.78 is 12.0. The van der Waals surface area contributed by atoms with Crippen LogP contribution in [0.4, 0.5) is 0 Å². The van der Waals surface area contributed by atoms with Crippen LogP contribution in [0.3, 0.4) is 0 Å². The fourth-order valence-corrected chi connectivity index (χ4v) is 4.08. The Hall–Kier alpha value is -2.42. The molecule has 3 rings (SSSR count). The van der Waals surface area contributed by atoms with Crippen molar-refractivity contribution in [3.8, 4) is 22.9 Å². The maximum absolute atomic E-state index is 12.7. The van der Waals surface area contributed by atoms with Gasteiger partial charge in [0.1, 0.15) is 0 Å². The van der Waals surface area contributed by atoms with Gasteiger partial charge < -0.3 is 20.2 Å². The standard InChI is InChI=1S/C19H27N5O3S/c1-12-7-9-23(10-8-12)18(25)13(2)28-19-22-21-17(24(19)20)14-5-6-15(26-3)16(11-14)27-4/h5-6,11-13H,7-10,20H2,1-4H3. The molecule has 152 valence electrons. The third kappa shape index (κ3) is 4.19. The Morgan fingerprint density at radius 2 is 1.89 bits per heavy atom. The summed E-state index contributed by atoms with van der Waals surface area (Å²) in [7, 11) is 3.16. The number of nitrogens with two attached hydrogens (primary N) is 1. The lowest BCUT2D eigenvalue weighted by molar-refractivity contribution is -0.131. The molecule has 2 N–H and O–H groups in total. The minimum absolute atomic E-state index is 0.118. The van der Waals surface area contributed by atoms with Crippen LogP contribution in [-0.4, -0.2) is 58.2 Å². The quantitative estimate of drug-likeness (QED) is 0.582. The highest BCUT2D eigenvalue weighted by molar-refractivity contribution is 8.00. The predicted molar refractivity (Wildman–Crippen MR) is 109 cm³/mol. The summed E-state index contributed by atoms with van der Waals surface area (Å²) in [6.45, 7) is 5.75. The molecule has 2 heterocycles. The van der Waals surface area contributed by atoms with Crippen molar-refractivity contribution >= 4 is 17.7 Å². The number of amides is 1. The highest BCUT2D eigenvalue weighted by Crippen LogP contribution is 2.33. The Kier molecular flexibility index (Phi) is 6.33. The predicted octanol–water partition coefficient (Wildman–Crippen LogP) is 2.42. The van der Waals surface area contributed by atoms with Gasteiger partial charge in [-0.1, -0.05) is 18.7 Å². The van der Waals surface area contributed by atoms with Gasteiger partial charge in [0.15, 0.2) is 17.3 Å². The highest BCUT2D eigenvalue weighted by Gasteiger charge is 2.27. The lowest BCUT2D eigenvalue weighted by atomic mass is 9.99. The average molecular weight is 406 g/mol. The van der Waals surface area contributed by atoms with Crippen molar-refractivity contribution in [3.05, 3.63) is 18.2 Å². The number of likely N-dealkylation sites (tertiary alicyclic amines) is 1. The Balaban J connectivity index is 1.73. The number of rotatable bonds is 6. The van der Waals surface area contributed by atoms with Gasteiger partial charge >= 0.3 is 0 Å². The molecule has 0 aliphatic carbocycles. The molecule has 1 aliphatic rings. The smallest absolute Gasteiger partial charge is 0.235 e. The number of hydrogen-bond donors (Lipinski definition) is 1. The van der Waals surface area contributed by atoms with Gasteiger partial charge in [-0.3, -0.25) is 4.79 Å². The molecule has 1 amide bonds. The zero-order chi connectivity index (χ0) is 20.3. The molecule has 1 aromatic heterocycles. The molecular formula is C19H27N5O3S. The number of aromatic nitrogens is 3. The first-order chi connectivity index (χ1) is 13.4. The van der Waals surface area contributed by atoms with Crippen molar-refractivity contribution < 1.29 is 14.3 Å². The molecule has 1 atom stereocenters. The zero-order valence-corrected chi connectivity index (χ0v) is 17.5. The summed E-state index contributed by atoms with van der Waals surface area (Å²) in [5, 5.41) is 8.59. The topological polar surface area (TPSA) is 95.5 Å². The third-order valence-electron chi connectivity index (χ3n) is 5.03. The van der Waals surface area contributed by atoms with E-state index in [0.29, 0.717) is 28.4 Å². The molecule has 0 bridgehead atoms. The summed E-state index contributed by atoms with van der Waals surface area (Å²) in [6.07, 6.45) is 2.11. The fraction of sp³-hybridized carbons (Fsp3) is 0.526. The molecule has 1 fully saturated rings. The number of piperidine rings is 1. The number of hydrogen-bond acceptors (Lipinski definition) is 7.